The van der Waals surface area contributed by atoms with Crippen LogP contribution in [0, 0.1) is 5.82 Å². The number of carbonyl (C=O) groups is 1. The van der Waals surface area contributed by atoms with E-state index in [0.29, 0.717) is 37.7 Å². The van der Waals surface area contributed by atoms with Gasteiger partial charge in [0.15, 0.2) is 0 Å². The van der Waals surface area contributed by atoms with E-state index in [1.165, 1.54) is 30.2 Å². The minimum absolute atomic E-state index is 0.0445. The second kappa shape index (κ2) is 7.42. The first-order valence-corrected chi connectivity index (χ1v) is 8.20. The average Bonchev–Trinajstić information content (AvgIpc) is 2.67. The number of amides is 1. The monoisotopic (exact) mass is 383 g/mol. The summed E-state index contributed by atoms with van der Waals surface area (Å²) in [5, 5.41) is 0. The van der Waals surface area contributed by atoms with Crippen LogP contribution >= 0.6 is 0 Å². The second-order valence-corrected chi connectivity index (χ2v) is 6.03. The zero-order chi connectivity index (χ0) is 19.6. The molecule has 0 spiro atoms. The SMILES string of the molecule is COc1ccc(C(=O)N2CCN(c3ccc(C(F)(F)F)cn3)CC2)c(F)c1. The van der Waals surface area contributed by atoms with Crippen molar-refractivity contribution in [2.24, 2.45) is 0 Å². The normalized spacial score (nSPS) is 15.0. The van der Waals surface area contributed by atoms with Crippen LogP contribution in [0.1, 0.15) is 15.9 Å². The highest BCUT2D eigenvalue weighted by molar-refractivity contribution is 5.94. The number of anilines is 1. The molecule has 0 atom stereocenters. The van der Waals surface area contributed by atoms with Crippen LogP contribution in [0.25, 0.3) is 0 Å². The summed E-state index contributed by atoms with van der Waals surface area (Å²) in [5.41, 5.74) is -0.855. The lowest BCUT2D eigenvalue weighted by molar-refractivity contribution is -0.137. The number of halogens is 4. The average molecular weight is 383 g/mol. The van der Waals surface area contributed by atoms with Gasteiger partial charge in [-0.2, -0.15) is 13.2 Å². The highest BCUT2D eigenvalue weighted by Gasteiger charge is 2.31. The first kappa shape index (κ1) is 18.9. The fourth-order valence-corrected chi connectivity index (χ4v) is 2.85. The van der Waals surface area contributed by atoms with Gasteiger partial charge in [0, 0.05) is 38.4 Å². The van der Waals surface area contributed by atoms with Crippen molar-refractivity contribution in [3.8, 4) is 5.75 Å². The second-order valence-electron chi connectivity index (χ2n) is 6.03. The molecule has 1 amide bonds. The third-order valence-corrected chi connectivity index (χ3v) is 4.37. The van der Waals surface area contributed by atoms with E-state index >= 15 is 0 Å². The molecule has 0 aliphatic carbocycles. The zero-order valence-corrected chi connectivity index (χ0v) is 14.5. The summed E-state index contributed by atoms with van der Waals surface area (Å²) in [7, 11) is 1.41. The fraction of sp³-hybridized carbons (Fsp3) is 0.333. The Bertz CT molecular complexity index is 816. The zero-order valence-electron chi connectivity index (χ0n) is 14.5. The molecule has 3 rings (SSSR count). The quantitative estimate of drug-likeness (QED) is 0.764. The molecule has 0 N–H and O–H groups in total. The molecule has 2 aromatic rings. The van der Waals surface area contributed by atoms with Gasteiger partial charge in [0.05, 0.1) is 18.2 Å². The van der Waals surface area contributed by atoms with Gasteiger partial charge in [-0.1, -0.05) is 0 Å². The maximum atomic E-state index is 14.1. The number of piperazine rings is 1. The van der Waals surface area contributed by atoms with Crippen LogP contribution in [0.4, 0.5) is 23.4 Å². The van der Waals surface area contributed by atoms with E-state index < -0.39 is 23.5 Å². The third-order valence-electron chi connectivity index (χ3n) is 4.37. The van der Waals surface area contributed by atoms with Crippen LogP contribution in [0.3, 0.4) is 0 Å². The van der Waals surface area contributed by atoms with E-state index in [-0.39, 0.29) is 5.56 Å². The predicted octanol–water partition coefficient (Wildman–Crippen LogP) is 3.21. The minimum Gasteiger partial charge on any atom is -0.497 e. The van der Waals surface area contributed by atoms with Crippen molar-refractivity contribution >= 4 is 11.7 Å². The number of carbonyl (C=O) groups excluding carboxylic acids is 1. The maximum absolute atomic E-state index is 14.1. The summed E-state index contributed by atoms with van der Waals surface area (Å²) in [5.74, 6) is -0.366. The topological polar surface area (TPSA) is 45.7 Å². The molecule has 0 unspecified atom stereocenters. The van der Waals surface area contributed by atoms with Crippen molar-refractivity contribution in [2.75, 3.05) is 38.2 Å². The molecule has 1 aromatic carbocycles. The Balaban J connectivity index is 1.64. The minimum atomic E-state index is -4.43. The van der Waals surface area contributed by atoms with Gasteiger partial charge in [-0.05, 0) is 24.3 Å². The van der Waals surface area contributed by atoms with Crippen molar-refractivity contribution < 1.29 is 27.1 Å². The molecule has 1 aliphatic rings. The van der Waals surface area contributed by atoms with Gasteiger partial charge < -0.3 is 14.5 Å². The van der Waals surface area contributed by atoms with E-state index in [1.54, 1.807) is 4.90 Å². The van der Waals surface area contributed by atoms with E-state index in [4.69, 9.17) is 4.74 Å². The first-order valence-electron chi connectivity index (χ1n) is 8.20. The van der Waals surface area contributed by atoms with E-state index in [2.05, 4.69) is 4.98 Å². The third kappa shape index (κ3) is 4.12. The molecule has 1 aromatic heterocycles. The van der Waals surface area contributed by atoms with Gasteiger partial charge in [0.1, 0.15) is 17.4 Å². The van der Waals surface area contributed by atoms with Crippen LogP contribution in [-0.2, 0) is 6.18 Å². The molecule has 1 saturated heterocycles. The number of rotatable bonds is 3. The number of benzene rings is 1. The van der Waals surface area contributed by atoms with E-state index in [9.17, 15) is 22.4 Å². The summed E-state index contributed by atoms with van der Waals surface area (Å²) in [6.07, 6.45) is -3.64. The Morgan fingerprint density at radius 3 is 2.33 bits per heavy atom. The van der Waals surface area contributed by atoms with Gasteiger partial charge in [0.25, 0.3) is 5.91 Å². The summed E-state index contributed by atoms with van der Waals surface area (Å²) in [6.45, 7) is 1.41. The van der Waals surface area contributed by atoms with Crippen molar-refractivity contribution in [1.82, 2.24) is 9.88 Å². The lowest BCUT2D eigenvalue weighted by Crippen LogP contribution is -2.49. The van der Waals surface area contributed by atoms with Gasteiger partial charge in [-0.15, -0.1) is 0 Å². The van der Waals surface area contributed by atoms with Crippen molar-refractivity contribution in [1.29, 1.82) is 0 Å². The molecule has 2 heterocycles. The Labute approximate surface area is 153 Å². The number of pyridine rings is 1. The Morgan fingerprint density at radius 1 is 1.11 bits per heavy atom. The molecular formula is C18H17F4N3O2. The van der Waals surface area contributed by atoms with Gasteiger partial charge in [-0.25, -0.2) is 9.37 Å². The summed E-state index contributed by atoms with van der Waals surface area (Å²) in [4.78, 5) is 19.7. The Hall–Kier alpha value is -2.84. The predicted molar refractivity (Wildman–Crippen MR) is 90.3 cm³/mol. The fourth-order valence-electron chi connectivity index (χ4n) is 2.85. The first-order chi connectivity index (χ1) is 12.8. The number of aromatic nitrogens is 1. The van der Waals surface area contributed by atoms with Crippen LogP contribution in [0.5, 0.6) is 5.75 Å². The lowest BCUT2D eigenvalue weighted by Gasteiger charge is -2.35. The van der Waals surface area contributed by atoms with Crippen molar-refractivity contribution in [2.45, 2.75) is 6.18 Å². The number of hydrogen-bond acceptors (Lipinski definition) is 4. The molecule has 0 bridgehead atoms. The van der Waals surface area contributed by atoms with Crippen LogP contribution in [-0.4, -0.2) is 49.1 Å². The smallest absolute Gasteiger partial charge is 0.417 e. The summed E-state index contributed by atoms with van der Waals surface area (Å²) < 4.78 is 56.8. The number of ether oxygens (including phenoxy) is 1. The van der Waals surface area contributed by atoms with E-state index in [1.807, 2.05) is 0 Å². The molecule has 1 aliphatic heterocycles. The molecular weight excluding hydrogens is 366 g/mol. The highest BCUT2D eigenvalue weighted by Crippen LogP contribution is 2.29. The number of hydrogen-bond donors (Lipinski definition) is 0. The summed E-state index contributed by atoms with van der Waals surface area (Å²) in [6, 6.07) is 6.32. The standard InChI is InChI=1S/C18H17F4N3O2/c1-27-13-3-4-14(15(19)10-13)17(26)25-8-6-24(7-9-25)16-5-2-12(11-23-16)18(20,21)22/h2-5,10-11H,6-9H2,1H3. The number of alkyl halides is 3. The summed E-state index contributed by atoms with van der Waals surface area (Å²) >= 11 is 0. The van der Waals surface area contributed by atoms with Gasteiger partial charge in [-0.3, -0.25) is 4.79 Å². The van der Waals surface area contributed by atoms with Crippen LogP contribution < -0.4 is 9.64 Å². The van der Waals surface area contributed by atoms with Crippen molar-refractivity contribution in [3.63, 3.8) is 0 Å². The molecule has 144 valence electrons. The molecule has 0 saturated carbocycles. The van der Waals surface area contributed by atoms with Crippen LogP contribution in [0.15, 0.2) is 36.5 Å². The maximum Gasteiger partial charge on any atom is 0.417 e. The van der Waals surface area contributed by atoms with E-state index in [0.717, 1.165) is 18.3 Å². The molecule has 0 radical (unpaired) electrons. The number of methoxy groups -OCH3 is 1. The van der Waals surface area contributed by atoms with Gasteiger partial charge >= 0.3 is 6.18 Å². The highest BCUT2D eigenvalue weighted by atomic mass is 19.4. The lowest BCUT2D eigenvalue weighted by atomic mass is 10.1. The number of nitrogens with zero attached hydrogens (tertiary/aromatic N) is 3. The van der Waals surface area contributed by atoms with Crippen LogP contribution in [0.2, 0.25) is 0 Å². The van der Waals surface area contributed by atoms with Gasteiger partial charge in [0.2, 0.25) is 0 Å². The molecule has 1 fully saturated rings. The molecule has 9 heteroatoms. The Morgan fingerprint density at radius 2 is 1.81 bits per heavy atom. The Kier molecular flexibility index (Phi) is 5.20. The largest absolute Gasteiger partial charge is 0.497 e. The molecule has 5 nitrogen and oxygen atoms in total. The van der Waals surface area contributed by atoms with Crippen molar-refractivity contribution in [3.05, 3.63) is 53.5 Å². The molecule has 27 heavy (non-hydrogen) atoms.